The normalized spacial score (nSPS) is 12.3. The zero-order valence-corrected chi connectivity index (χ0v) is 19.7. The molecule has 1 N–H and O–H groups in total. The van der Waals surface area contributed by atoms with Crippen molar-refractivity contribution in [2.45, 2.75) is 23.6 Å². The second kappa shape index (κ2) is 8.93. The minimum atomic E-state index is -3.93. The van der Waals surface area contributed by atoms with Crippen molar-refractivity contribution in [3.8, 4) is 5.69 Å². The number of anilines is 1. The molecule has 0 saturated carbocycles. The van der Waals surface area contributed by atoms with Gasteiger partial charge in [-0.25, -0.2) is 16.8 Å². The molecule has 11 heteroatoms. The van der Waals surface area contributed by atoms with Gasteiger partial charge in [-0.15, -0.1) is 10.2 Å². The van der Waals surface area contributed by atoms with E-state index in [0.29, 0.717) is 29.8 Å². The number of benzene rings is 3. The number of fused-ring (bicyclic) bond motifs is 1. The second-order valence-electron chi connectivity index (χ2n) is 7.19. The molecular formula is C22H23N5O4S2. The fourth-order valence-electron chi connectivity index (χ4n) is 3.37. The van der Waals surface area contributed by atoms with E-state index in [-0.39, 0.29) is 9.79 Å². The first-order chi connectivity index (χ1) is 15.7. The highest BCUT2D eigenvalue weighted by atomic mass is 32.2. The molecule has 0 aliphatic carbocycles. The Morgan fingerprint density at radius 1 is 0.788 bits per heavy atom. The SMILES string of the molecule is CCN(CC)S(=O)(=O)c1ccc(S(=O)(=O)Nc2ccc3nn(-c4ccccc4)nc3c2)cc1. The Morgan fingerprint density at radius 3 is 2.03 bits per heavy atom. The van der Waals surface area contributed by atoms with Crippen LogP contribution >= 0.6 is 0 Å². The summed E-state index contributed by atoms with van der Waals surface area (Å²) in [7, 11) is -7.60. The van der Waals surface area contributed by atoms with Gasteiger partial charge in [0.15, 0.2) is 0 Å². The monoisotopic (exact) mass is 485 g/mol. The van der Waals surface area contributed by atoms with Crippen LogP contribution in [0.2, 0.25) is 0 Å². The number of sulfonamides is 2. The quantitative estimate of drug-likeness (QED) is 0.410. The lowest BCUT2D eigenvalue weighted by molar-refractivity contribution is 0.445. The number of nitrogens with one attached hydrogen (secondary N) is 1. The molecule has 0 atom stereocenters. The Labute approximate surface area is 192 Å². The van der Waals surface area contributed by atoms with Crippen molar-refractivity contribution >= 4 is 36.8 Å². The van der Waals surface area contributed by atoms with Crippen LogP contribution in [0.25, 0.3) is 16.7 Å². The van der Waals surface area contributed by atoms with Crippen LogP contribution in [0.5, 0.6) is 0 Å². The summed E-state index contributed by atoms with van der Waals surface area (Å²) in [4.78, 5) is 1.48. The van der Waals surface area contributed by atoms with Gasteiger partial charge in [0.1, 0.15) is 11.0 Å². The maximum absolute atomic E-state index is 12.9. The van der Waals surface area contributed by atoms with Gasteiger partial charge in [0.25, 0.3) is 10.0 Å². The van der Waals surface area contributed by atoms with Crippen molar-refractivity contribution in [2.75, 3.05) is 17.8 Å². The van der Waals surface area contributed by atoms with Crippen LogP contribution in [0.3, 0.4) is 0 Å². The molecule has 172 valence electrons. The molecule has 0 bridgehead atoms. The minimum Gasteiger partial charge on any atom is -0.280 e. The summed E-state index contributed by atoms with van der Waals surface area (Å²) in [6.45, 7) is 4.16. The fraction of sp³-hybridized carbons (Fsp3) is 0.182. The largest absolute Gasteiger partial charge is 0.280 e. The number of para-hydroxylation sites is 1. The summed E-state index contributed by atoms with van der Waals surface area (Å²) in [5, 5.41) is 8.82. The van der Waals surface area contributed by atoms with Gasteiger partial charge in [-0.3, -0.25) is 4.72 Å². The summed E-state index contributed by atoms with van der Waals surface area (Å²) < 4.78 is 54.8. The third-order valence-electron chi connectivity index (χ3n) is 5.10. The molecule has 9 nitrogen and oxygen atoms in total. The molecule has 4 aromatic rings. The number of hydrogen-bond donors (Lipinski definition) is 1. The molecule has 0 fully saturated rings. The van der Waals surface area contributed by atoms with Crippen molar-refractivity contribution < 1.29 is 16.8 Å². The Balaban J connectivity index is 1.58. The highest BCUT2D eigenvalue weighted by Crippen LogP contribution is 2.23. The van der Waals surface area contributed by atoms with Gasteiger partial charge in [0, 0.05) is 13.1 Å². The summed E-state index contributed by atoms with van der Waals surface area (Å²) in [6.07, 6.45) is 0. The van der Waals surface area contributed by atoms with Gasteiger partial charge in [-0.2, -0.15) is 9.10 Å². The Kier molecular flexibility index (Phi) is 6.19. The summed E-state index contributed by atoms with van der Waals surface area (Å²) in [5.74, 6) is 0. The highest BCUT2D eigenvalue weighted by Gasteiger charge is 2.23. The topological polar surface area (TPSA) is 114 Å². The lowest BCUT2D eigenvalue weighted by Crippen LogP contribution is -2.30. The molecule has 0 spiro atoms. The van der Waals surface area contributed by atoms with Crippen LogP contribution in [-0.2, 0) is 20.0 Å². The average molecular weight is 486 g/mol. The lowest BCUT2D eigenvalue weighted by Gasteiger charge is -2.18. The summed E-state index contributed by atoms with van der Waals surface area (Å²) in [5.41, 5.74) is 2.26. The molecule has 4 rings (SSSR count). The van der Waals surface area contributed by atoms with Crippen LogP contribution in [-0.4, -0.2) is 49.2 Å². The maximum atomic E-state index is 12.9. The molecule has 33 heavy (non-hydrogen) atoms. The van der Waals surface area contributed by atoms with E-state index in [0.717, 1.165) is 5.69 Å². The number of rotatable bonds is 8. The van der Waals surface area contributed by atoms with Crippen LogP contribution < -0.4 is 4.72 Å². The van der Waals surface area contributed by atoms with E-state index in [1.54, 1.807) is 32.0 Å². The molecule has 1 heterocycles. The first-order valence-electron chi connectivity index (χ1n) is 10.3. The first kappa shape index (κ1) is 22.9. The van der Waals surface area contributed by atoms with Crippen molar-refractivity contribution in [1.29, 1.82) is 0 Å². The molecule has 0 saturated heterocycles. The van der Waals surface area contributed by atoms with Gasteiger partial charge in [-0.1, -0.05) is 32.0 Å². The fourth-order valence-corrected chi connectivity index (χ4v) is 5.88. The van der Waals surface area contributed by atoms with Crippen molar-refractivity contribution in [2.24, 2.45) is 0 Å². The lowest BCUT2D eigenvalue weighted by atomic mass is 10.3. The zero-order valence-electron chi connectivity index (χ0n) is 18.1. The predicted octanol–water partition coefficient (Wildman–Crippen LogP) is 3.25. The number of nitrogens with zero attached hydrogens (tertiary/aromatic N) is 4. The molecule has 0 aliphatic heterocycles. The first-order valence-corrected chi connectivity index (χ1v) is 13.2. The van der Waals surface area contributed by atoms with E-state index in [1.165, 1.54) is 33.4 Å². The van der Waals surface area contributed by atoms with Crippen LogP contribution in [0.4, 0.5) is 5.69 Å². The van der Waals surface area contributed by atoms with E-state index in [9.17, 15) is 16.8 Å². The van der Waals surface area contributed by atoms with Crippen LogP contribution in [0.15, 0.2) is 82.6 Å². The minimum absolute atomic E-state index is 0.0455. The van der Waals surface area contributed by atoms with Gasteiger partial charge in [0.2, 0.25) is 10.0 Å². The van der Waals surface area contributed by atoms with Crippen molar-refractivity contribution in [3.63, 3.8) is 0 Å². The molecule has 0 amide bonds. The summed E-state index contributed by atoms with van der Waals surface area (Å²) in [6, 6.07) is 19.4. The van der Waals surface area contributed by atoms with E-state index >= 15 is 0 Å². The molecule has 1 aromatic heterocycles. The van der Waals surface area contributed by atoms with E-state index < -0.39 is 20.0 Å². The highest BCUT2D eigenvalue weighted by molar-refractivity contribution is 7.92. The van der Waals surface area contributed by atoms with Crippen LogP contribution in [0.1, 0.15) is 13.8 Å². The van der Waals surface area contributed by atoms with Gasteiger partial charge in [-0.05, 0) is 54.6 Å². The van der Waals surface area contributed by atoms with E-state index in [1.807, 2.05) is 30.3 Å². The third kappa shape index (κ3) is 4.61. The molecule has 0 unspecified atom stereocenters. The predicted molar refractivity (Wildman–Crippen MR) is 126 cm³/mol. The third-order valence-corrected chi connectivity index (χ3v) is 8.56. The second-order valence-corrected chi connectivity index (χ2v) is 10.8. The van der Waals surface area contributed by atoms with E-state index in [2.05, 4.69) is 14.9 Å². The molecule has 0 radical (unpaired) electrons. The molecule has 3 aromatic carbocycles. The Hall–Kier alpha value is -3.28. The Morgan fingerprint density at radius 2 is 1.39 bits per heavy atom. The van der Waals surface area contributed by atoms with Crippen LogP contribution in [0, 0.1) is 0 Å². The number of hydrogen-bond acceptors (Lipinski definition) is 6. The van der Waals surface area contributed by atoms with Crippen molar-refractivity contribution in [1.82, 2.24) is 19.3 Å². The van der Waals surface area contributed by atoms with Gasteiger partial charge in [0.05, 0.1) is 21.2 Å². The number of aromatic nitrogens is 3. The van der Waals surface area contributed by atoms with Crippen molar-refractivity contribution in [3.05, 3.63) is 72.8 Å². The standard InChI is InChI=1S/C22H23N5O4S2/c1-3-26(4-2)33(30,31)20-13-11-19(12-14-20)32(28,29)25-17-10-15-21-22(16-17)24-27(23-21)18-8-6-5-7-9-18/h5-16,25H,3-4H2,1-2H3. The van der Waals surface area contributed by atoms with E-state index in [4.69, 9.17) is 0 Å². The van der Waals surface area contributed by atoms with Gasteiger partial charge >= 0.3 is 0 Å². The Bertz CT molecular complexity index is 1480. The van der Waals surface area contributed by atoms with Gasteiger partial charge < -0.3 is 0 Å². The molecule has 0 aliphatic rings. The maximum Gasteiger partial charge on any atom is 0.261 e. The zero-order chi connectivity index (χ0) is 23.6. The smallest absolute Gasteiger partial charge is 0.261 e. The average Bonchev–Trinajstić information content (AvgIpc) is 3.23. The molecular weight excluding hydrogens is 462 g/mol. The summed E-state index contributed by atoms with van der Waals surface area (Å²) >= 11 is 0.